The number of ether oxygens (including phenoxy) is 1. The lowest BCUT2D eigenvalue weighted by molar-refractivity contribution is -0.165. The Balaban J connectivity index is 2.78. The van der Waals surface area contributed by atoms with E-state index >= 15 is 0 Å². The predicted octanol–water partition coefficient (Wildman–Crippen LogP) is 1.22. The maximum atomic E-state index is 11.3. The van der Waals surface area contributed by atoms with Crippen LogP contribution in [0.3, 0.4) is 0 Å². The number of carboxylic acid groups (broad SMARTS) is 3. The number of rotatable bonds is 9. The first-order chi connectivity index (χ1) is 9.85. The molecule has 7 heteroatoms. The lowest BCUT2D eigenvalue weighted by atomic mass is 9.82. The van der Waals surface area contributed by atoms with Gasteiger partial charge in [0.05, 0.1) is 26.1 Å². The SMILES string of the molecule is O=C(O)CC(COCc1ccccc1)(CC(=O)O)C(=O)O. The Morgan fingerprint density at radius 3 is 1.90 bits per heavy atom. The van der Waals surface area contributed by atoms with Crippen LogP contribution < -0.4 is 0 Å². The smallest absolute Gasteiger partial charge is 0.313 e. The van der Waals surface area contributed by atoms with Crippen LogP contribution in [0.2, 0.25) is 0 Å². The van der Waals surface area contributed by atoms with Crippen LogP contribution in [0.5, 0.6) is 0 Å². The van der Waals surface area contributed by atoms with E-state index in [0.717, 1.165) is 5.56 Å². The number of hydrogen-bond donors (Lipinski definition) is 3. The largest absolute Gasteiger partial charge is 0.481 e. The maximum Gasteiger partial charge on any atom is 0.313 e. The van der Waals surface area contributed by atoms with Crippen molar-refractivity contribution >= 4 is 17.9 Å². The van der Waals surface area contributed by atoms with Gasteiger partial charge in [0.25, 0.3) is 0 Å². The molecular formula is C14H16O7. The molecule has 0 saturated heterocycles. The van der Waals surface area contributed by atoms with E-state index in [1.807, 2.05) is 0 Å². The van der Waals surface area contributed by atoms with Gasteiger partial charge in [-0.15, -0.1) is 0 Å². The van der Waals surface area contributed by atoms with Crippen LogP contribution in [0.4, 0.5) is 0 Å². The summed E-state index contributed by atoms with van der Waals surface area (Å²) in [5.74, 6) is -4.27. The van der Waals surface area contributed by atoms with Crippen LogP contribution in [-0.4, -0.2) is 39.8 Å². The van der Waals surface area contributed by atoms with Crippen molar-refractivity contribution in [1.29, 1.82) is 0 Å². The van der Waals surface area contributed by atoms with E-state index in [4.69, 9.17) is 14.9 Å². The fourth-order valence-electron chi connectivity index (χ4n) is 1.89. The molecule has 21 heavy (non-hydrogen) atoms. The second kappa shape index (κ2) is 7.39. The highest BCUT2D eigenvalue weighted by Crippen LogP contribution is 2.28. The first-order valence-corrected chi connectivity index (χ1v) is 6.14. The fraction of sp³-hybridized carbons (Fsp3) is 0.357. The molecule has 1 aromatic rings. The third-order valence-electron chi connectivity index (χ3n) is 2.92. The molecule has 0 heterocycles. The average Bonchev–Trinajstić information content (AvgIpc) is 2.38. The highest BCUT2D eigenvalue weighted by Gasteiger charge is 2.43. The minimum absolute atomic E-state index is 0.0785. The molecule has 0 aromatic heterocycles. The minimum Gasteiger partial charge on any atom is -0.481 e. The normalized spacial score (nSPS) is 11.0. The number of aliphatic carboxylic acids is 3. The zero-order valence-electron chi connectivity index (χ0n) is 11.2. The van der Waals surface area contributed by atoms with Crippen molar-refractivity contribution in [2.45, 2.75) is 19.4 Å². The molecule has 0 aliphatic carbocycles. The van der Waals surface area contributed by atoms with Gasteiger partial charge in [-0.05, 0) is 5.56 Å². The summed E-state index contributed by atoms with van der Waals surface area (Å²) in [6.45, 7) is -0.412. The molecule has 0 spiro atoms. The topological polar surface area (TPSA) is 121 Å². The van der Waals surface area contributed by atoms with Gasteiger partial charge >= 0.3 is 17.9 Å². The van der Waals surface area contributed by atoms with E-state index in [9.17, 15) is 19.5 Å². The van der Waals surface area contributed by atoms with Crippen LogP contribution in [0.1, 0.15) is 18.4 Å². The van der Waals surface area contributed by atoms with Crippen LogP contribution >= 0.6 is 0 Å². The lowest BCUT2D eigenvalue weighted by Crippen LogP contribution is -2.40. The monoisotopic (exact) mass is 296 g/mol. The molecule has 1 aromatic carbocycles. The summed E-state index contributed by atoms with van der Waals surface area (Å²) < 4.78 is 5.24. The summed E-state index contributed by atoms with van der Waals surface area (Å²) in [6.07, 6.45) is -1.63. The first kappa shape index (κ1) is 16.6. The van der Waals surface area contributed by atoms with Gasteiger partial charge < -0.3 is 20.1 Å². The van der Waals surface area contributed by atoms with E-state index in [1.54, 1.807) is 30.3 Å². The Morgan fingerprint density at radius 1 is 0.952 bits per heavy atom. The molecule has 1 rings (SSSR count). The Hall–Kier alpha value is -2.41. The van der Waals surface area contributed by atoms with Crippen LogP contribution in [0, 0.1) is 5.41 Å². The van der Waals surface area contributed by atoms with Crippen molar-refractivity contribution < 1.29 is 34.4 Å². The third-order valence-corrected chi connectivity index (χ3v) is 2.92. The molecule has 0 aliphatic rings. The molecule has 0 aliphatic heterocycles. The van der Waals surface area contributed by atoms with Gasteiger partial charge in [-0.2, -0.15) is 0 Å². The zero-order chi connectivity index (χ0) is 15.9. The van der Waals surface area contributed by atoms with Gasteiger partial charge in [0.15, 0.2) is 0 Å². The minimum atomic E-state index is -1.98. The second-order valence-corrected chi connectivity index (χ2v) is 4.70. The zero-order valence-corrected chi connectivity index (χ0v) is 11.2. The Kier molecular flexibility index (Phi) is 5.86. The summed E-state index contributed by atoms with van der Waals surface area (Å²) in [4.78, 5) is 33.0. The number of carboxylic acids is 3. The van der Waals surface area contributed by atoms with Crippen molar-refractivity contribution in [2.24, 2.45) is 5.41 Å². The third kappa shape index (κ3) is 5.23. The number of benzene rings is 1. The molecule has 0 amide bonds. The molecule has 0 fully saturated rings. The predicted molar refractivity (Wildman–Crippen MR) is 70.7 cm³/mol. The van der Waals surface area contributed by atoms with Crippen LogP contribution in [0.15, 0.2) is 30.3 Å². The molecule has 0 saturated carbocycles. The van der Waals surface area contributed by atoms with Crippen molar-refractivity contribution in [2.75, 3.05) is 6.61 Å². The quantitative estimate of drug-likeness (QED) is 0.626. The highest BCUT2D eigenvalue weighted by atomic mass is 16.5. The molecule has 7 nitrogen and oxygen atoms in total. The summed E-state index contributed by atoms with van der Waals surface area (Å²) in [5.41, 5.74) is -1.20. The summed E-state index contributed by atoms with van der Waals surface area (Å²) in [7, 11) is 0. The summed E-state index contributed by atoms with van der Waals surface area (Å²) in [6, 6.07) is 8.88. The molecule has 0 atom stereocenters. The standard InChI is InChI=1S/C14H16O7/c15-11(16)6-14(13(19)20,7-12(17)18)9-21-8-10-4-2-1-3-5-10/h1-5H,6-9H2,(H,15,16)(H,17,18)(H,19,20). The lowest BCUT2D eigenvalue weighted by Gasteiger charge is -2.25. The van der Waals surface area contributed by atoms with Gasteiger partial charge in [-0.3, -0.25) is 14.4 Å². The van der Waals surface area contributed by atoms with Gasteiger partial charge in [0, 0.05) is 0 Å². The van der Waals surface area contributed by atoms with E-state index in [-0.39, 0.29) is 6.61 Å². The van der Waals surface area contributed by atoms with E-state index in [2.05, 4.69) is 0 Å². The van der Waals surface area contributed by atoms with Crippen LogP contribution in [0.25, 0.3) is 0 Å². The van der Waals surface area contributed by atoms with Gasteiger partial charge in [0.2, 0.25) is 0 Å². The van der Waals surface area contributed by atoms with Gasteiger partial charge in [0.1, 0.15) is 5.41 Å². The molecular weight excluding hydrogens is 280 g/mol. The van der Waals surface area contributed by atoms with Crippen molar-refractivity contribution in [3.63, 3.8) is 0 Å². The summed E-state index contributed by atoms with van der Waals surface area (Å²) >= 11 is 0. The van der Waals surface area contributed by atoms with E-state index < -0.39 is 42.8 Å². The van der Waals surface area contributed by atoms with E-state index in [1.165, 1.54) is 0 Å². The van der Waals surface area contributed by atoms with Crippen LogP contribution in [-0.2, 0) is 25.7 Å². The summed E-state index contributed by atoms with van der Waals surface area (Å²) in [5, 5.41) is 26.8. The van der Waals surface area contributed by atoms with Crippen molar-refractivity contribution in [3.8, 4) is 0 Å². The maximum absolute atomic E-state index is 11.3. The highest BCUT2D eigenvalue weighted by molar-refractivity contribution is 5.86. The fourth-order valence-corrected chi connectivity index (χ4v) is 1.89. The first-order valence-electron chi connectivity index (χ1n) is 6.14. The van der Waals surface area contributed by atoms with Crippen molar-refractivity contribution in [1.82, 2.24) is 0 Å². The number of carbonyl (C=O) groups is 3. The molecule has 0 bridgehead atoms. The Morgan fingerprint density at radius 2 is 1.48 bits per heavy atom. The molecule has 114 valence electrons. The van der Waals surface area contributed by atoms with Gasteiger partial charge in [-0.25, -0.2) is 0 Å². The van der Waals surface area contributed by atoms with Crippen molar-refractivity contribution in [3.05, 3.63) is 35.9 Å². The second-order valence-electron chi connectivity index (χ2n) is 4.70. The van der Waals surface area contributed by atoms with Gasteiger partial charge in [-0.1, -0.05) is 30.3 Å². The molecule has 0 radical (unpaired) electrons. The average molecular weight is 296 g/mol. The Labute approximate surface area is 120 Å². The Bertz CT molecular complexity index is 493. The molecule has 0 unspecified atom stereocenters. The molecule has 3 N–H and O–H groups in total. The number of hydrogen-bond acceptors (Lipinski definition) is 4. The van der Waals surface area contributed by atoms with E-state index in [0.29, 0.717) is 0 Å².